The Kier molecular flexibility index (Phi) is 4.79. The molecule has 10 heteroatoms. The molecule has 0 unspecified atom stereocenters. The first-order valence-electron chi connectivity index (χ1n) is 9.37. The number of hydrogen-bond donors (Lipinski definition) is 1. The van der Waals surface area contributed by atoms with Crippen LogP contribution in [0.5, 0.6) is 0 Å². The van der Waals surface area contributed by atoms with Gasteiger partial charge in [-0.3, -0.25) is 9.59 Å². The van der Waals surface area contributed by atoms with Crippen molar-refractivity contribution < 1.29 is 35.9 Å². The second kappa shape index (κ2) is 7.00. The lowest BCUT2D eigenvalue weighted by Crippen LogP contribution is -2.68. The van der Waals surface area contributed by atoms with Crippen molar-refractivity contribution in [3.05, 3.63) is 59.2 Å². The molecule has 1 N–H and O–H groups in total. The molecular weight excluding hydrogens is 426 g/mol. The zero-order chi connectivity index (χ0) is 22.6. The summed E-state index contributed by atoms with van der Waals surface area (Å²) in [5, 5.41) is 2.78. The number of carbonyl (C=O) groups is 2. The number of likely N-dealkylation sites (tertiary alicyclic amines) is 1. The average Bonchev–Trinajstić information content (AvgIpc) is 3.07. The Morgan fingerprint density at radius 1 is 0.968 bits per heavy atom. The van der Waals surface area contributed by atoms with Crippen LogP contribution in [0.3, 0.4) is 0 Å². The minimum Gasteiger partial charge on any atom is -0.347 e. The van der Waals surface area contributed by atoms with Crippen LogP contribution in [0.2, 0.25) is 0 Å². The first kappa shape index (κ1) is 21.2. The van der Waals surface area contributed by atoms with E-state index in [0.717, 1.165) is 24.3 Å². The van der Waals surface area contributed by atoms with E-state index in [1.54, 1.807) is 0 Å². The van der Waals surface area contributed by atoms with Gasteiger partial charge in [0.15, 0.2) is 0 Å². The van der Waals surface area contributed by atoms with Crippen molar-refractivity contribution in [1.82, 2.24) is 10.2 Å². The summed E-state index contributed by atoms with van der Waals surface area (Å²) in [7, 11) is 0. The number of nitrogens with zero attached hydrogens (tertiary/aromatic N) is 1. The van der Waals surface area contributed by atoms with E-state index in [4.69, 9.17) is 0 Å². The summed E-state index contributed by atoms with van der Waals surface area (Å²) in [5.74, 6) is -0.759. The predicted molar refractivity (Wildman–Crippen MR) is 97.9 cm³/mol. The lowest BCUT2D eigenvalue weighted by molar-refractivity contribution is -0.137. The standard InChI is InChI=1S/C21H16F6N2O2/c22-20(23,24)14-3-1-2-12(8-14)15-5-4-13(9-16(15)21(25,26)27)18(31)29-10-19(11-29)7-6-17(30)28-19/h1-5,8-9H,6-7,10-11H2,(H,28,30). The summed E-state index contributed by atoms with van der Waals surface area (Å²) >= 11 is 0. The molecule has 2 heterocycles. The van der Waals surface area contributed by atoms with E-state index >= 15 is 0 Å². The minimum absolute atomic E-state index is 0.128. The van der Waals surface area contributed by atoms with Gasteiger partial charge < -0.3 is 10.2 Å². The maximum absolute atomic E-state index is 13.7. The molecule has 0 atom stereocenters. The van der Waals surface area contributed by atoms with Gasteiger partial charge in [-0.2, -0.15) is 26.3 Å². The van der Waals surface area contributed by atoms with E-state index in [1.807, 2.05) is 0 Å². The lowest BCUT2D eigenvalue weighted by atomic mass is 9.87. The molecule has 0 bridgehead atoms. The molecule has 2 fully saturated rings. The molecule has 2 aromatic carbocycles. The third kappa shape index (κ3) is 3.98. The first-order chi connectivity index (χ1) is 14.4. The van der Waals surface area contributed by atoms with Gasteiger partial charge in [-0.15, -0.1) is 0 Å². The summed E-state index contributed by atoms with van der Waals surface area (Å²) in [4.78, 5) is 25.4. The molecule has 31 heavy (non-hydrogen) atoms. The Labute approximate surface area is 172 Å². The van der Waals surface area contributed by atoms with Crippen LogP contribution in [-0.2, 0) is 17.1 Å². The topological polar surface area (TPSA) is 49.4 Å². The summed E-state index contributed by atoms with van der Waals surface area (Å²) in [5.41, 5.74) is -3.69. The van der Waals surface area contributed by atoms with Crippen molar-refractivity contribution in [1.29, 1.82) is 0 Å². The van der Waals surface area contributed by atoms with Gasteiger partial charge in [0.1, 0.15) is 0 Å². The first-order valence-corrected chi connectivity index (χ1v) is 9.37. The Morgan fingerprint density at radius 3 is 2.26 bits per heavy atom. The largest absolute Gasteiger partial charge is 0.417 e. The molecule has 0 radical (unpaired) electrons. The van der Waals surface area contributed by atoms with E-state index in [-0.39, 0.29) is 30.1 Å². The highest BCUT2D eigenvalue weighted by molar-refractivity contribution is 5.96. The van der Waals surface area contributed by atoms with E-state index < -0.39 is 40.5 Å². The van der Waals surface area contributed by atoms with Crippen LogP contribution in [-0.4, -0.2) is 35.3 Å². The second-order valence-corrected chi connectivity index (χ2v) is 7.83. The van der Waals surface area contributed by atoms with Gasteiger partial charge in [0.2, 0.25) is 5.91 Å². The SMILES string of the molecule is O=C1CCC2(CN(C(=O)c3ccc(-c4cccc(C(F)(F)F)c4)c(C(F)(F)F)c3)C2)N1. The van der Waals surface area contributed by atoms with Gasteiger partial charge in [-0.25, -0.2) is 0 Å². The summed E-state index contributed by atoms with van der Waals surface area (Å²) < 4.78 is 80.0. The quantitative estimate of drug-likeness (QED) is 0.697. The molecular formula is C21H16F6N2O2. The number of rotatable bonds is 2. The maximum atomic E-state index is 13.7. The van der Waals surface area contributed by atoms with Crippen LogP contribution in [0.15, 0.2) is 42.5 Å². The van der Waals surface area contributed by atoms with Crippen molar-refractivity contribution in [2.75, 3.05) is 13.1 Å². The smallest absolute Gasteiger partial charge is 0.347 e. The summed E-state index contributed by atoms with van der Waals surface area (Å²) in [6.07, 6.45) is -8.69. The number of hydrogen-bond acceptors (Lipinski definition) is 2. The molecule has 0 aromatic heterocycles. The van der Waals surface area contributed by atoms with Crippen LogP contribution >= 0.6 is 0 Å². The number of nitrogens with one attached hydrogen (secondary N) is 1. The van der Waals surface area contributed by atoms with Gasteiger partial charge in [0.25, 0.3) is 5.91 Å². The van der Waals surface area contributed by atoms with Crippen molar-refractivity contribution in [2.24, 2.45) is 0 Å². The minimum atomic E-state index is -4.88. The second-order valence-electron chi connectivity index (χ2n) is 7.83. The Morgan fingerprint density at radius 2 is 1.68 bits per heavy atom. The molecule has 2 aliphatic rings. The molecule has 1 spiro atoms. The van der Waals surface area contributed by atoms with Crippen LogP contribution in [0.25, 0.3) is 11.1 Å². The molecule has 2 saturated heterocycles. The third-order valence-corrected chi connectivity index (χ3v) is 5.58. The highest BCUT2D eigenvalue weighted by Gasteiger charge is 2.49. The summed E-state index contributed by atoms with van der Waals surface area (Å²) in [6.45, 7) is 0.405. The van der Waals surface area contributed by atoms with Gasteiger partial charge in [-0.1, -0.05) is 18.2 Å². The number of carbonyl (C=O) groups excluding carboxylic acids is 2. The molecule has 2 aromatic rings. The Balaban J connectivity index is 1.64. The molecule has 2 amide bonds. The predicted octanol–water partition coefficient (Wildman–Crippen LogP) is 4.50. The average molecular weight is 442 g/mol. The molecule has 0 aliphatic carbocycles. The Bertz CT molecular complexity index is 1050. The number of alkyl halides is 6. The fraction of sp³-hybridized carbons (Fsp3) is 0.333. The number of amides is 2. The molecule has 164 valence electrons. The maximum Gasteiger partial charge on any atom is 0.417 e. The van der Waals surface area contributed by atoms with Gasteiger partial charge in [0.05, 0.1) is 16.7 Å². The van der Waals surface area contributed by atoms with E-state index in [0.29, 0.717) is 25.0 Å². The monoisotopic (exact) mass is 442 g/mol. The molecule has 2 aliphatic heterocycles. The van der Waals surface area contributed by atoms with Crippen LogP contribution in [0.4, 0.5) is 26.3 Å². The molecule has 4 nitrogen and oxygen atoms in total. The van der Waals surface area contributed by atoms with Crippen molar-refractivity contribution in [3.63, 3.8) is 0 Å². The van der Waals surface area contributed by atoms with Crippen molar-refractivity contribution in [3.8, 4) is 11.1 Å². The van der Waals surface area contributed by atoms with Gasteiger partial charge in [0, 0.05) is 25.1 Å². The van der Waals surface area contributed by atoms with Crippen molar-refractivity contribution in [2.45, 2.75) is 30.7 Å². The lowest BCUT2D eigenvalue weighted by Gasteiger charge is -2.47. The normalized spacial score (nSPS) is 18.1. The van der Waals surface area contributed by atoms with Gasteiger partial charge in [-0.05, 0) is 41.8 Å². The Hall–Kier alpha value is -3.04. The van der Waals surface area contributed by atoms with Crippen LogP contribution in [0.1, 0.15) is 34.3 Å². The van der Waals surface area contributed by atoms with Crippen LogP contribution in [0, 0.1) is 0 Å². The van der Waals surface area contributed by atoms with E-state index in [9.17, 15) is 35.9 Å². The zero-order valence-electron chi connectivity index (χ0n) is 15.9. The fourth-order valence-electron chi connectivity index (χ4n) is 4.05. The highest BCUT2D eigenvalue weighted by Crippen LogP contribution is 2.40. The summed E-state index contributed by atoms with van der Waals surface area (Å²) in [6, 6.07) is 6.46. The van der Waals surface area contributed by atoms with Crippen molar-refractivity contribution >= 4 is 11.8 Å². The number of halogens is 6. The number of benzene rings is 2. The van der Waals surface area contributed by atoms with E-state index in [1.165, 1.54) is 11.0 Å². The molecule has 4 rings (SSSR count). The van der Waals surface area contributed by atoms with Crippen LogP contribution < -0.4 is 5.32 Å². The molecule has 0 saturated carbocycles. The fourth-order valence-corrected chi connectivity index (χ4v) is 4.05. The van der Waals surface area contributed by atoms with Gasteiger partial charge >= 0.3 is 12.4 Å². The third-order valence-electron chi connectivity index (χ3n) is 5.58. The van der Waals surface area contributed by atoms with E-state index in [2.05, 4.69) is 5.32 Å². The highest BCUT2D eigenvalue weighted by atomic mass is 19.4. The zero-order valence-corrected chi connectivity index (χ0v) is 15.9.